The van der Waals surface area contributed by atoms with Gasteiger partial charge in [-0.3, -0.25) is 0 Å². The normalized spacial score (nSPS) is 21.2. The number of halogens is 3. The van der Waals surface area contributed by atoms with E-state index in [0.717, 1.165) is 22.7 Å². The molecule has 0 fully saturated rings. The third kappa shape index (κ3) is 2.43. The van der Waals surface area contributed by atoms with Gasteiger partial charge in [0.2, 0.25) is 0 Å². The smallest absolute Gasteiger partial charge is 0.130 e. The number of hydrogen-bond donors (Lipinski definition) is 1. The highest BCUT2D eigenvalue weighted by Crippen LogP contribution is 2.42. The molecule has 0 saturated heterocycles. The summed E-state index contributed by atoms with van der Waals surface area (Å²) >= 11 is 3.32. The van der Waals surface area contributed by atoms with Crippen molar-refractivity contribution in [1.29, 1.82) is 0 Å². The van der Waals surface area contributed by atoms with Crippen LogP contribution < -0.4 is 4.74 Å². The van der Waals surface area contributed by atoms with Crippen molar-refractivity contribution in [2.45, 2.75) is 18.6 Å². The molecule has 0 aliphatic carbocycles. The minimum atomic E-state index is -0.774. The Bertz CT molecular complexity index is 660. The summed E-state index contributed by atoms with van der Waals surface area (Å²) < 4.78 is 33.6. The van der Waals surface area contributed by atoms with Crippen LogP contribution in [0, 0.1) is 11.6 Å². The zero-order valence-electron chi connectivity index (χ0n) is 10.3. The molecule has 1 N–H and O–H groups in total. The Balaban J connectivity index is 1.99. The van der Waals surface area contributed by atoms with E-state index in [0.29, 0.717) is 11.3 Å². The maximum Gasteiger partial charge on any atom is 0.130 e. The average molecular weight is 341 g/mol. The van der Waals surface area contributed by atoms with Gasteiger partial charge in [0.25, 0.3) is 0 Å². The van der Waals surface area contributed by atoms with Gasteiger partial charge in [-0.05, 0) is 36.4 Å². The lowest BCUT2D eigenvalue weighted by Crippen LogP contribution is -2.20. The molecule has 0 saturated carbocycles. The molecule has 2 nitrogen and oxygen atoms in total. The Labute approximate surface area is 123 Å². The van der Waals surface area contributed by atoms with Crippen LogP contribution in [0.2, 0.25) is 0 Å². The Hall–Kier alpha value is -1.46. The van der Waals surface area contributed by atoms with Crippen molar-refractivity contribution in [3.8, 4) is 5.75 Å². The molecule has 1 aliphatic rings. The second-order valence-electron chi connectivity index (χ2n) is 4.71. The van der Waals surface area contributed by atoms with E-state index in [1.165, 1.54) is 0 Å². The van der Waals surface area contributed by atoms with Gasteiger partial charge in [-0.1, -0.05) is 15.9 Å². The molecular weight excluding hydrogens is 330 g/mol. The van der Waals surface area contributed by atoms with Crippen molar-refractivity contribution in [2.75, 3.05) is 0 Å². The van der Waals surface area contributed by atoms with Gasteiger partial charge in [0, 0.05) is 22.0 Å². The molecule has 0 aromatic heterocycles. The summed E-state index contributed by atoms with van der Waals surface area (Å²) in [5.41, 5.74) is 0.769. The van der Waals surface area contributed by atoms with E-state index in [2.05, 4.69) is 15.9 Å². The quantitative estimate of drug-likeness (QED) is 0.839. The van der Waals surface area contributed by atoms with Crippen LogP contribution in [0.1, 0.15) is 29.8 Å². The molecule has 0 radical (unpaired) electrons. The second-order valence-corrected chi connectivity index (χ2v) is 5.62. The van der Waals surface area contributed by atoms with Gasteiger partial charge >= 0.3 is 0 Å². The van der Waals surface area contributed by atoms with E-state index in [-0.39, 0.29) is 12.0 Å². The van der Waals surface area contributed by atoms with E-state index >= 15 is 0 Å². The van der Waals surface area contributed by atoms with Crippen molar-refractivity contribution in [3.63, 3.8) is 0 Å². The summed E-state index contributed by atoms with van der Waals surface area (Å²) in [6.45, 7) is 0. The average Bonchev–Trinajstić information content (AvgIpc) is 2.42. The summed E-state index contributed by atoms with van der Waals surface area (Å²) in [6, 6.07) is 8.47. The summed E-state index contributed by atoms with van der Waals surface area (Å²) in [5.74, 6) is -0.578. The monoisotopic (exact) mass is 340 g/mol. The van der Waals surface area contributed by atoms with E-state index in [9.17, 15) is 13.9 Å². The first-order chi connectivity index (χ1) is 9.54. The molecule has 1 aliphatic heterocycles. The van der Waals surface area contributed by atoms with Crippen LogP contribution in [0.3, 0.4) is 0 Å². The first-order valence-corrected chi connectivity index (χ1v) is 6.93. The Morgan fingerprint density at radius 1 is 1.10 bits per heavy atom. The van der Waals surface area contributed by atoms with Gasteiger partial charge in [0.15, 0.2) is 0 Å². The van der Waals surface area contributed by atoms with Gasteiger partial charge in [-0.15, -0.1) is 0 Å². The summed E-state index contributed by atoms with van der Waals surface area (Å²) in [6.07, 6.45) is -1.29. The standard InChI is InChI=1S/C15H11BrF2O2/c16-8-1-4-14-11(5-8)13(19)7-15(20-14)10-6-9(17)2-3-12(10)18/h1-6,13,15,19H,7H2/t13-,15?/m0/s1. The lowest BCUT2D eigenvalue weighted by molar-refractivity contribution is 0.0638. The molecule has 0 spiro atoms. The van der Waals surface area contributed by atoms with Crippen LogP contribution in [0.5, 0.6) is 5.75 Å². The fourth-order valence-electron chi connectivity index (χ4n) is 2.37. The van der Waals surface area contributed by atoms with Crippen molar-refractivity contribution in [2.24, 2.45) is 0 Å². The Morgan fingerprint density at radius 2 is 1.90 bits per heavy atom. The molecule has 2 aromatic rings. The second kappa shape index (κ2) is 5.14. The number of ether oxygens (including phenoxy) is 1. The highest BCUT2D eigenvalue weighted by atomic mass is 79.9. The van der Waals surface area contributed by atoms with E-state index in [4.69, 9.17) is 4.74 Å². The molecule has 5 heteroatoms. The van der Waals surface area contributed by atoms with Crippen molar-refractivity contribution >= 4 is 15.9 Å². The van der Waals surface area contributed by atoms with Crippen molar-refractivity contribution in [1.82, 2.24) is 0 Å². The van der Waals surface area contributed by atoms with Crippen LogP contribution >= 0.6 is 15.9 Å². The van der Waals surface area contributed by atoms with Crippen LogP contribution in [0.4, 0.5) is 8.78 Å². The predicted octanol–water partition coefficient (Wildman–Crippen LogP) is 4.28. The Kier molecular flexibility index (Phi) is 3.48. The third-order valence-corrected chi connectivity index (χ3v) is 3.84. The maximum absolute atomic E-state index is 13.8. The van der Waals surface area contributed by atoms with Crippen LogP contribution in [-0.2, 0) is 0 Å². The van der Waals surface area contributed by atoms with Gasteiger partial charge in [-0.25, -0.2) is 8.78 Å². The topological polar surface area (TPSA) is 29.5 Å². The lowest BCUT2D eigenvalue weighted by atomic mass is 9.95. The van der Waals surface area contributed by atoms with Crippen LogP contribution in [0.25, 0.3) is 0 Å². The molecule has 3 rings (SSSR count). The molecule has 1 unspecified atom stereocenters. The molecular formula is C15H11BrF2O2. The minimum Gasteiger partial charge on any atom is -0.485 e. The first-order valence-electron chi connectivity index (χ1n) is 6.13. The van der Waals surface area contributed by atoms with Crippen molar-refractivity contribution in [3.05, 3.63) is 63.6 Å². The number of fused-ring (bicyclic) bond motifs is 1. The maximum atomic E-state index is 13.8. The number of rotatable bonds is 1. The molecule has 104 valence electrons. The largest absolute Gasteiger partial charge is 0.485 e. The summed E-state index contributed by atoms with van der Waals surface area (Å²) in [7, 11) is 0. The number of hydrogen-bond acceptors (Lipinski definition) is 2. The molecule has 20 heavy (non-hydrogen) atoms. The number of benzene rings is 2. The highest BCUT2D eigenvalue weighted by Gasteiger charge is 2.30. The number of aliphatic hydroxyl groups excluding tert-OH is 1. The summed E-state index contributed by atoms with van der Waals surface area (Å²) in [4.78, 5) is 0. The lowest BCUT2D eigenvalue weighted by Gasteiger charge is -2.30. The highest BCUT2D eigenvalue weighted by molar-refractivity contribution is 9.10. The van der Waals surface area contributed by atoms with Gasteiger partial charge in [-0.2, -0.15) is 0 Å². The SMILES string of the molecule is O[C@H]1CC(c2cc(F)ccc2F)Oc2ccc(Br)cc21. The predicted molar refractivity (Wildman–Crippen MR) is 73.4 cm³/mol. The van der Waals surface area contributed by atoms with E-state index < -0.39 is 23.8 Å². The number of aliphatic hydroxyl groups is 1. The minimum absolute atomic E-state index is 0.123. The molecule has 1 heterocycles. The molecule has 0 amide bonds. The zero-order chi connectivity index (χ0) is 14.3. The van der Waals surface area contributed by atoms with Crippen LogP contribution in [0.15, 0.2) is 40.9 Å². The van der Waals surface area contributed by atoms with Gasteiger partial charge in [0.05, 0.1) is 6.10 Å². The zero-order valence-corrected chi connectivity index (χ0v) is 11.9. The van der Waals surface area contributed by atoms with Crippen LogP contribution in [-0.4, -0.2) is 5.11 Å². The molecule has 2 aromatic carbocycles. The molecule has 2 atom stereocenters. The van der Waals surface area contributed by atoms with E-state index in [1.807, 2.05) is 0 Å². The van der Waals surface area contributed by atoms with Gasteiger partial charge < -0.3 is 9.84 Å². The third-order valence-electron chi connectivity index (χ3n) is 3.34. The fraction of sp³-hybridized carbons (Fsp3) is 0.200. The van der Waals surface area contributed by atoms with Gasteiger partial charge in [0.1, 0.15) is 23.5 Å². The first kappa shape index (κ1) is 13.5. The van der Waals surface area contributed by atoms with E-state index in [1.54, 1.807) is 18.2 Å². The van der Waals surface area contributed by atoms with Crippen molar-refractivity contribution < 1.29 is 18.6 Å². The molecule has 0 bridgehead atoms. The summed E-state index contributed by atoms with van der Waals surface area (Å²) in [5, 5.41) is 10.2. The fourth-order valence-corrected chi connectivity index (χ4v) is 2.75. The Morgan fingerprint density at radius 3 is 2.70 bits per heavy atom.